The number of ether oxygens (including phenoxy) is 2. The Morgan fingerprint density at radius 3 is 2.78 bits per heavy atom. The molecule has 0 heterocycles. The number of benzene rings is 1. The summed E-state index contributed by atoms with van der Waals surface area (Å²) in [7, 11) is 1.74. The van der Waals surface area contributed by atoms with Gasteiger partial charge in [-0.15, -0.1) is 0 Å². The van der Waals surface area contributed by atoms with E-state index < -0.39 is 0 Å². The molecule has 0 radical (unpaired) electrons. The standard InChI is InChI=1S/C14H16ClNO2/c1-17-11-3-2-4-12(8-11)18-14-6-5-10(9-16)7-13(14)15/h5-7,11-12H,2-4,8H2,1H3. The van der Waals surface area contributed by atoms with Gasteiger partial charge in [0.2, 0.25) is 0 Å². The number of hydrogen-bond donors (Lipinski definition) is 0. The average molecular weight is 266 g/mol. The van der Waals surface area contributed by atoms with Crippen LogP contribution >= 0.6 is 11.6 Å². The van der Waals surface area contributed by atoms with Crippen LogP contribution in [0.5, 0.6) is 5.75 Å². The van der Waals surface area contributed by atoms with Crippen LogP contribution in [0.4, 0.5) is 0 Å². The van der Waals surface area contributed by atoms with Gasteiger partial charge in [-0.2, -0.15) is 5.26 Å². The van der Waals surface area contributed by atoms with Crippen LogP contribution in [0.2, 0.25) is 5.02 Å². The quantitative estimate of drug-likeness (QED) is 0.839. The van der Waals surface area contributed by atoms with E-state index in [9.17, 15) is 0 Å². The molecule has 1 aliphatic carbocycles. The topological polar surface area (TPSA) is 42.2 Å². The first kappa shape index (κ1) is 13.2. The molecule has 96 valence electrons. The highest BCUT2D eigenvalue weighted by Gasteiger charge is 2.23. The third kappa shape index (κ3) is 3.16. The van der Waals surface area contributed by atoms with Crippen LogP contribution in [0.15, 0.2) is 18.2 Å². The molecule has 0 amide bonds. The minimum Gasteiger partial charge on any atom is -0.489 e. The van der Waals surface area contributed by atoms with Crippen molar-refractivity contribution >= 4 is 11.6 Å². The van der Waals surface area contributed by atoms with Crippen LogP contribution in [0.1, 0.15) is 31.2 Å². The van der Waals surface area contributed by atoms with Crippen molar-refractivity contribution in [2.75, 3.05) is 7.11 Å². The lowest BCUT2D eigenvalue weighted by Gasteiger charge is -2.28. The predicted octanol–water partition coefficient (Wildman–Crippen LogP) is 3.55. The molecule has 0 saturated heterocycles. The van der Waals surface area contributed by atoms with E-state index in [-0.39, 0.29) is 12.2 Å². The predicted molar refractivity (Wildman–Crippen MR) is 69.8 cm³/mol. The minimum atomic E-state index is 0.147. The number of rotatable bonds is 3. The van der Waals surface area contributed by atoms with Crippen LogP contribution in [-0.2, 0) is 4.74 Å². The Morgan fingerprint density at radius 1 is 1.33 bits per heavy atom. The molecule has 1 saturated carbocycles. The monoisotopic (exact) mass is 265 g/mol. The third-order valence-electron chi connectivity index (χ3n) is 3.27. The van der Waals surface area contributed by atoms with E-state index in [1.165, 1.54) is 0 Å². The number of hydrogen-bond acceptors (Lipinski definition) is 3. The lowest BCUT2D eigenvalue weighted by atomic mass is 9.95. The Kier molecular flexibility index (Phi) is 4.46. The second kappa shape index (κ2) is 6.08. The zero-order valence-electron chi connectivity index (χ0n) is 10.4. The molecule has 2 rings (SSSR count). The molecule has 1 aromatic rings. The van der Waals surface area contributed by atoms with E-state index >= 15 is 0 Å². The first-order valence-corrected chi connectivity index (χ1v) is 6.50. The fourth-order valence-corrected chi connectivity index (χ4v) is 2.49. The molecule has 2 unspecified atom stereocenters. The maximum absolute atomic E-state index is 8.77. The summed E-state index contributed by atoms with van der Waals surface area (Å²) in [6.07, 6.45) is 4.55. The zero-order chi connectivity index (χ0) is 13.0. The Bertz CT molecular complexity index is 456. The molecule has 4 heteroatoms. The van der Waals surface area contributed by atoms with Crippen molar-refractivity contribution < 1.29 is 9.47 Å². The van der Waals surface area contributed by atoms with Gasteiger partial charge in [0.25, 0.3) is 0 Å². The summed E-state index contributed by atoms with van der Waals surface area (Å²) in [6.45, 7) is 0. The number of nitriles is 1. The summed E-state index contributed by atoms with van der Waals surface area (Å²) in [6, 6.07) is 7.17. The van der Waals surface area contributed by atoms with Crippen molar-refractivity contribution in [2.45, 2.75) is 37.9 Å². The van der Waals surface area contributed by atoms with Crippen molar-refractivity contribution in [2.24, 2.45) is 0 Å². The largest absolute Gasteiger partial charge is 0.489 e. The number of methoxy groups -OCH3 is 1. The summed E-state index contributed by atoms with van der Waals surface area (Å²) in [5.41, 5.74) is 0.547. The molecule has 0 bridgehead atoms. The molecular formula is C14H16ClNO2. The summed E-state index contributed by atoms with van der Waals surface area (Å²) in [5.74, 6) is 0.650. The van der Waals surface area contributed by atoms with Gasteiger partial charge in [-0.1, -0.05) is 11.6 Å². The van der Waals surface area contributed by atoms with E-state index in [2.05, 4.69) is 6.07 Å². The molecule has 2 atom stereocenters. The van der Waals surface area contributed by atoms with Gasteiger partial charge in [-0.25, -0.2) is 0 Å². The summed E-state index contributed by atoms with van der Waals surface area (Å²) >= 11 is 6.09. The highest BCUT2D eigenvalue weighted by molar-refractivity contribution is 6.32. The molecule has 0 N–H and O–H groups in total. The van der Waals surface area contributed by atoms with Gasteiger partial charge >= 0.3 is 0 Å². The van der Waals surface area contributed by atoms with Crippen LogP contribution in [0.3, 0.4) is 0 Å². The van der Waals surface area contributed by atoms with Gasteiger partial charge in [-0.3, -0.25) is 0 Å². The molecule has 1 aromatic carbocycles. The highest BCUT2D eigenvalue weighted by Crippen LogP contribution is 2.30. The molecule has 3 nitrogen and oxygen atoms in total. The minimum absolute atomic E-state index is 0.147. The summed E-state index contributed by atoms with van der Waals surface area (Å²) in [5, 5.41) is 9.27. The van der Waals surface area contributed by atoms with Gasteiger partial charge in [0.05, 0.1) is 22.8 Å². The second-order valence-corrected chi connectivity index (χ2v) is 4.93. The van der Waals surface area contributed by atoms with E-state index in [0.29, 0.717) is 16.3 Å². The number of nitrogens with zero attached hydrogens (tertiary/aromatic N) is 1. The van der Waals surface area contributed by atoms with Crippen LogP contribution in [-0.4, -0.2) is 19.3 Å². The number of halogens is 1. The first-order valence-electron chi connectivity index (χ1n) is 6.12. The maximum atomic E-state index is 8.77. The van der Waals surface area contributed by atoms with Crippen LogP contribution in [0, 0.1) is 11.3 Å². The summed E-state index contributed by atoms with van der Waals surface area (Å²) < 4.78 is 11.3. The highest BCUT2D eigenvalue weighted by atomic mass is 35.5. The fraction of sp³-hybridized carbons (Fsp3) is 0.500. The summed E-state index contributed by atoms with van der Waals surface area (Å²) in [4.78, 5) is 0. The molecule has 0 spiro atoms. The molecular weight excluding hydrogens is 250 g/mol. The van der Waals surface area contributed by atoms with Crippen molar-refractivity contribution in [3.05, 3.63) is 28.8 Å². The molecule has 1 aliphatic rings. The van der Waals surface area contributed by atoms with Gasteiger partial charge < -0.3 is 9.47 Å². The van der Waals surface area contributed by atoms with Gasteiger partial charge in [0.1, 0.15) is 11.9 Å². The van der Waals surface area contributed by atoms with E-state index in [0.717, 1.165) is 25.7 Å². The molecule has 18 heavy (non-hydrogen) atoms. The lowest BCUT2D eigenvalue weighted by molar-refractivity contribution is 0.0210. The lowest BCUT2D eigenvalue weighted by Crippen LogP contribution is -2.29. The van der Waals surface area contributed by atoms with Gasteiger partial charge in [0.15, 0.2) is 0 Å². The van der Waals surface area contributed by atoms with Gasteiger partial charge in [0, 0.05) is 13.5 Å². The molecule has 0 aromatic heterocycles. The SMILES string of the molecule is COC1CCCC(Oc2ccc(C#N)cc2Cl)C1. The Hall–Kier alpha value is -1.24. The van der Waals surface area contributed by atoms with Gasteiger partial charge in [-0.05, 0) is 37.5 Å². The maximum Gasteiger partial charge on any atom is 0.138 e. The van der Waals surface area contributed by atoms with Crippen molar-refractivity contribution in [1.29, 1.82) is 5.26 Å². The third-order valence-corrected chi connectivity index (χ3v) is 3.56. The average Bonchev–Trinajstić information content (AvgIpc) is 2.41. The molecule has 1 fully saturated rings. The van der Waals surface area contributed by atoms with Crippen LogP contribution in [0.25, 0.3) is 0 Å². The second-order valence-electron chi connectivity index (χ2n) is 4.52. The molecule has 0 aliphatic heterocycles. The Labute approximate surface area is 112 Å². The zero-order valence-corrected chi connectivity index (χ0v) is 11.1. The van der Waals surface area contributed by atoms with Crippen molar-refractivity contribution in [3.63, 3.8) is 0 Å². The van der Waals surface area contributed by atoms with Crippen molar-refractivity contribution in [3.8, 4) is 11.8 Å². The van der Waals surface area contributed by atoms with Crippen LogP contribution < -0.4 is 4.74 Å². The van der Waals surface area contributed by atoms with Crippen molar-refractivity contribution in [1.82, 2.24) is 0 Å². The first-order chi connectivity index (χ1) is 8.72. The normalized spacial score (nSPS) is 23.4. The smallest absolute Gasteiger partial charge is 0.138 e. The van der Waals surface area contributed by atoms with E-state index in [1.54, 1.807) is 25.3 Å². The Morgan fingerprint density at radius 2 is 2.11 bits per heavy atom. The fourth-order valence-electron chi connectivity index (χ4n) is 2.27. The van der Waals surface area contributed by atoms with E-state index in [4.69, 9.17) is 26.3 Å². The Balaban J connectivity index is 2.03. The van der Waals surface area contributed by atoms with E-state index in [1.807, 2.05) is 0 Å².